The Labute approximate surface area is 91.8 Å². The molecule has 0 saturated carbocycles. The number of rotatable bonds is 2. The van der Waals surface area contributed by atoms with Crippen molar-refractivity contribution in [2.45, 2.75) is 18.6 Å². The first-order valence-electron chi connectivity index (χ1n) is 5.20. The van der Waals surface area contributed by atoms with Gasteiger partial charge in [0.2, 0.25) is 0 Å². The molecule has 16 heavy (non-hydrogen) atoms. The van der Waals surface area contributed by atoms with E-state index in [-0.39, 0.29) is 0 Å². The van der Waals surface area contributed by atoms with Crippen LogP contribution in [0.4, 0.5) is 18.9 Å². The molecule has 0 aliphatic carbocycles. The highest BCUT2D eigenvalue weighted by atomic mass is 19.4. The van der Waals surface area contributed by atoms with Crippen molar-refractivity contribution in [2.75, 3.05) is 18.4 Å². The normalized spacial score (nSPS) is 21.1. The number of hydrogen-bond donors (Lipinski definition) is 2. The van der Waals surface area contributed by atoms with Crippen LogP contribution < -0.4 is 10.6 Å². The van der Waals surface area contributed by atoms with Crippen LogP contribution in [0.1, 0.15) is 12.0 Å². The average molecular weight is 230 g/mol. The van der Waals surface area contributed by atoms with Crippen molar-refractivity contribution in [3.8, 4) is 0 Å². The molecule has 0 bridgehead atoms. The number of benzene rings is 1. The molecule has 2 rings (SSSR count). The van der Waals surface area contributed by atoms with Gasteiger partial charge in [-0.2, -0.15) is 13.2 Å². The van der Waals surface area contributed by atoms with Gasteiger partial charge in [-0.25, -0.2) is 0 Å². The Hall–Kier alpha value is -1.23. The first-order chi connectivity index (χ1) is 7.55. The SMILES string of the molecule is FC(F)(F)c1ccc(N[C@@H]2CCNC2)cc1. The van der Waals surface area contributed by atoms with Gasteiger partial charge < -0.3 is 10.6 Å². The topological polar surface area (TPSA) is 24.1 Å². The van der Waals surface area contributed by atoms with E-state index < -0.39 is 11.7 Å². The van der Waals surface area contributed by atoms with Gasteiger partial charge in [0.25, 0.3) is 0 Å². The van der Waals surface area contributed by atoms with Crippen molar-refractivity contribution in [1.82, 2.24) is 5.32 Å². The molecule has 1 atom stereocenters. The second-order valence-electron chi connectivity index (χ2n) is 3.91. The summed E-state index contributed by atoms with van der Waals surface area (Å²) >= 11 is 0. The fourth-order valence-corrected chi connectivity index (χ4v) is 1.77. The lowest BCUT2D eigenvalue weighted by Gasteiger charge is -2.13. The minimum Gasteiger partial charge on any atom is -0.381 e. The molecule has 1 saturated heterocycles. The summed E-state index contributed by atoms with van der Waals surface area (Å²) in [6.45, 7) is 1.82. The lowest BCUT2D eigenvalue weighted by Crippen LogP contribution is -2.22. The van der Waals surface area contributed by atoms with E-state index in [1.807, 2.05) is 0 Å². The molecule has 0 spiro atoms. The van der Waals surface area contributed by atoms with Crippen LogP contribution in [-0.2, 0) is 6.18 Å². The Balaban J connectivity index is 2.01. The van der Waals surface area contributed by atoms with E-state index in [1.54, 1.807) is 0 Å². The number of anilines is 1. The van der Waals surface area contributed by atoms with E-state index in [1.165, 1.54) is 12.1 Å². The van der Waals surface area contributed by atoms with E-state index in [0.29, 0.717) is 6.04 Å². The Kier molecular flexibility index (Phi) is 3.05. The zero-order chi connectivity index (χ0) is 11.6. The molecule has 1 aliphatic rings. The van der Waals surface area contributed by atoms with Gasteiger partial charge in [-0.05, 0) is 37.2 Å². The Morgan fingerprint density at radius 1 is 1.19 bits per heavy atom. The van der Waals surface area contributed by atoms with Gasteiger partial charge >= 0.3 is 6.18 Å². The summed E-state index contributed by atoms with van der Waals surface area (Å²) < 4.78 is 36.9. The molecule has 1 heterocycles. The van der Waals surface area contributed by atoms with Gasteiger partial charge in [-0.1, -0.05) is 0 Å². The predicted molar refractivity (Wildman–Crippen MR) is 56.3 cm³/mol. The molecular formula is C11H13F3N2. The number of hydrogen-bond acceptors (Lipinski definition) is 2. The first-order valence-corrected chi connectivity index (χ1v) is 5.20. The molecule has 0 radical (unpaired) electrons. The average Bonchev–Trinajstić information content (AvgIpc) is 2.70. The smallest absolute Gasteiger partial charge is 0.381 e. The molecule has 88 valence electrons. The van der Waals surface area contributed by atoms with E-state index in [0.717, 1.165) is 37.3 Å². The lowest BCUT2D eigenvalue weighted by molar-refractivity contribution is -0.137. The van der Waals surface area contributed by atoms with Crippen molar-refractivity contribution in [3.05, 3.63) is 29.8 Å². The third kappa shape index (κ3) is 2.66. The number of halogens is 3. The van der Waals surface area contributed by atoms with Crippen LogP contribution in [-0.4, -0.2) is 19.1 Å². The second-order valence-corrected chi connectivity index (χ2v) is 3.91. The van der Waals surface area contributed by atoms with Gasteiger partial charge in [0.1, 0.15) is 0 Å². The predicted octanol–water partition coefficient (Wildman–Crippen LogP) is 2.48. The largest absolute Gasteiger partial charge is 0.416 e. The zero-order valence-corrected chi connectivity index (χ0v) is 8.64. The van der Waals surface area contributed by atoms with Crippen LogP contribution in [0.3, 0.4) is 0 Å². The van der Waals surface area contributed by atoms with Crippen LogP contribution in [0.15, 0.2) is 24.3 Å². The summed E-state index contributed by atoms with van der Waals surface area (Å²) in [5, 5.41) is 6.38. The molecule has 1 fully saturated rings. The maximum absolute atomic E-state index is 12.3. The highest BCUT2D eigenvalue weighted by Gasteiger charge is 2.30. The van der Waals surface area contributed by atoms with Gasteiger partial charge in [-0.15, -0.1) is 0 Å². The highest BCUT2D eigenvalue weighted by molar-refractivity contribution is 5.46. The summed E-state index contributed by atoms with van der Waals surface area (Å²) in [4.78, 5) is 0. The fraction of sp³-hybridized carbons (Fsp3) is 0.455. The third-order valence-corrected chi connectivity index (χ3v) is 2.64. The Morgan fingerprint density at radius 2 is 1.88 bits per heavy atom. The molecule has 5 heteroatoms. The van der Waals surface area contributed by atoms with Gasteiger partial charge in [0.05, 0.1) is 5.56 Å². The molecule has 0 amide bonds. The van der Waals surface area contributed by atoms with E-state index in [9.17, 15) is 13.2 Å². The minimum absolute atomic E-state index is 0.316. The lowest BCUT2D eigenvalue weighted by atomic mass is 10.2. The molecule has 1 aliphatic heterocycles. The van der Waals surface area contributed by atoms with Crippen LogP contribution >= 0.6 is 0 Å². The molecule has 1 aromatic carbocycles. The maximum atomic E-state index is 12.3. The molecule has 0 aromatic heterocycles. The first kappa shape index (κ1) is 11.3. The minimum atomic E-state index is -4.26. The van der Waals surface area contributed by atoms with E-state index >= 15 is 0 Å². The molecule has 0 unspecified atom stereocenters. The quantitative estimate of drug-likeness (QED) is 0.815. The van der Waals surface area contributed by atoms with E-state index in [4.69, 9.17) is 0 Å². The van der Waals surface area contributed by atoms with Crippen molar-refractivity contribution in [2.24, 2.45) is 0 Å². The zero-order valence-electron chi connectivity index (χ0n) is 8.64. The van der Waals surface area contributed by atoms with Crippen LogP contribution in [0.5, 0.6) is 0 Å². The van der Waals surface area contributed by atoms with Gasteiger partial charge in [-0.3, -0.25) is 0 Å². The Bertz CT molecular complexity index is 339. The van der Waals surface area contributed by atoms with Crippen molar-refractivity contribution in [3.63, 3.8) is 0 Å². The monoisotopic (exact) mass is 230 g/mol. The highest BCUT2D eigenvalue weighted by Crippen LogP contribution is 2.29. The summed E-state index contributed by atoms with van der Waals surface area (Å²) in [5.74, 6) is 0. The van der Waals surface area contributed by atoms with Crippen LogP contribution in [0.25, 0.3) is 0 Å². The maximum Gasteiger partial charge on any atom is 0.416 e. The summed E-state index contributed by atoms with van der Waals surface area (Å²) in [6, 6.07) is 5.47. The van der Waals surface area contributed by atoms with Crippen molar-refractivity contribution < 1.29 is 13.2 Å². The summed E-state index contributed by atoms with van der Waals surface area (Å²) in [5.41, 5.74) is 0.129. The summed E-state index contributed by atoms with van der Waals surface area (Å²) in [6.07, 6.45) is -3.26. The van der Waals surface area contributed by atoms with E-state index in [2.05, 4.69) is 10.6 Å². The van der Waals surface area contributed by atoms with Crippen molar-refractivity contribution >= 4 is 5.69 Å². The number of nitrogens with one attached hydrogen (secondary N) is 2. The van der Waals surface area contributed by atoms with Crippen LogP contribution in [0.2, 0.25) is 0 Å². The second kappa shape index (κ2) is 4.33. The van der Waals surface area contributed by atoms with Gasteiger partial charge in [0, 0.05) is 18.3 Å². The molecule has 2 nitrogen and oxygen atoms in total. The molecule has 1 aromatic rings. The number of alkyl halides is 3. The molecular weight excluding hydrogens is 217 g/mol. The van der Waals surface area contributed by atoms with Crippen LogP contribution in [0, 0.1) is 0 Å². The Morgan fingerprint density at radius 3 is 2.38 bits per heavy atom. The fourth-order valence-electron chi connectivity index (χ4n) is 1.77. The third-order valence-electron chi connectivity index (χ3n) is 2.64. The summed E-state index contributed by atoms with van der Waals surface area (Å²) in [7, 11) is 0. The van der Waals surface area contributed by atoms with Gasteiger partial charge in [0.15, 0.2) is 0 Å². The molecule has 2 N–H and O–H groups in total. The standard InChI is InChI=1S/C11H13F3N2/c12-11(13,14)8-1-3-9(4-2-8)16-10-5-6-15-7-10/h1-4,10,15-16H,5-7H2/t10-/m1/s1. The van der Waals surface area contributed by atoms with Crippen molar-refractivity contribution in [1.29, 1.82) is 0 Å².